The number of amides is 1. The number of anilines is 2. The third kappa shape index (κ3) is 4.10. The summed E-state index contributed by atoms with van der Waals surface area (Å²) in [5, 5.41) is 6.24. The molecule has 22 heavy (non-hydrogen) atoms. The molecule has 0 bridgehead atoms. The van der Waals surface area contributed by atoms with Crippen LogP contribution in [0.1, 0.15) is 31.9 Å². The zero-order valence-electron chi connectivity index (χ0n) is 13.5. The summed E-state index contributed by atoms with van der Waals surface area (Å²) in [4.78, 5) is 12.3. The highest BCUT2D eigenvalue weighted by Crippen LogP contribution is 2.17. The first-order valence-electron chi connectivity index (χ1n) is 7.88. The van der Waals surface area contributed by atoms with E-state index in [9.17, 15) is 4.79 Å². The van der Waals surface area contributed by atoms with Crippen LogP contribution in [0, 0.1) is 0 Å². The maximum Gasteiger partial charge on any atom is 0.246 e. The average Bonchev–Trinajstić information content (AvgIpc) is 2.56. The van der Waals surface area contributed by atoms with Gasteiger partial charge in [0, 0.05) is 11.4 Å². The number of carbonyl (C=O) groups excluding carboxylic acids is 1. The summed E-state index contributed by atoms with van der Waals surface area (Å²) in [6.45, 7) is 6.10. The molecule has 0 heterocycles. The van der Waals surface area contributed by atoms with Gasteiger partial charge < -0.3 is 10.6 Å². The molecule has 0 aliphatic carbocycles. The zero-order chi connectivity index (χ0) is 15.9. The minimum atomic E-state index is -0.293. The minimum absolute atomic E-state index is 0.0323. The summed E-state index contributed by atoms with van der Waals surface area (Å²) in [6.07, 6.45) is 1.94. The predicted octanol–water partition coefficient (Wildman–Crippen LogP) is 4.25. The van der Waals surface area contributed by atoms with Crippen molar-refractivity contribution in [3.05, 3.63) is 59.7 Å². The highest BCUT2D eigenvalue weighted by atomic mass is 16.2. The predicted molar refractivity (Wildman–Crippen MR) is 93.4 cm³/mol. The summed E-state index contributed by atoms with van der Waals surface area (Å²) in [6, 6.07) is 15.8. The molecule has 0 spiro atoms. The van der Waals surface area contributed by atoms with Gasteiger partial charge in [-0.1, -0.05) is 44.2 Å². The first kappa shape index (κ1) is 16.1. The molecule has 116 valence electrons. The van der Waals surface area contributed by atoms with Gasteiger partial charge in [0.05, 0.1) is 0 Å². The molecule has 2 N–H and O–H groups in total. The molecule has 2 aromatic carbocycles. The third-order valence-electron chi connectivity index (χ3n) is 3.79. The van der Waals surface area contributed by atoms with Gasteiger partial charge in [-0.25, -0.2) is 0 Å². The second-order valence-corrected chi connectivity index (χ2v) is 5.42. The van der Waals surface area contributed by atoms with E-state index in [4.69, 9.17) is 0 Å². The normalized spacial score (nSPS) is 11.8. The summed E-state index contributed by atoms with van der Waals surface area (Å²) in [5.41, 5.74) is 4.34. The van der Waals surface area contributed by atoms with Crippen molar-refractivity contribution in [1.82, 2.24) is 0 Å². The Balaban J connectivity index is 1.99. The van der Waals surface area contributed by atoms with Gasteiger partial charge in [0.2, 0.25) is 5.91 Å². The Labute approximate surface area is 132 Å². The molecule has 2 aromatic rings. The van der Waals surface area contributed by atoms with E-state index in [0.29, 0.717) is 0 Å². The van der Waals surface area contributed by atoms with Gasteiger partial charge in [-0.15, -0.1) is 0 Å². The number of hydrogen-bond donors (Lipinski definition) is 2. The minimum Gasteiger partial charge on any atom is -0.374 e. The second-order valence-electron chi connectivity index (χ2n) is 5.42. The highest BCUT2D eigenvalue weighted by Gasteiger charge is 2.13. The van der Waals surface area contributed by atoms with Crippen molar-refractivity contribution in [3.8, 4) is 0 Å². The third-order valence-corrected chi connectivity index (χ3v) is 3.79. The Bertz CT molecular complexity index is 620. The quantitative estimate of drug-likeness (QED) is 0.836. The van der Waals surface area contributed by atoms with Crippen LogP contribution in [0.3, 0.4) is 0 Å². The monoisotopic (exact) mass is 296 g/mol. The number of carbonyl (C=O) groups is 1. The lowest BCUT2D eigenvalue weighted by atomic mass is 10.1. The fourth-order valence-electron chi connectivity index (χ4n) is 2.34. The first-order valence-corrected chi connectivity index (χ1v) is 7.88. The van der Waals surface area contributed by atoms with Gasteiger partial charge in [0.25, 0.3) is 0 Å². The van der Waals surface area contributed by atoms with Crippen molar-refractivity contribution in [2.45, 2.75) is 39.7 Å². The van der Waals surface area contributed by atoms with Crippen LogP contribution >= 0.6 is 0 Å². The molecule has 2 rings (SSSR count). The molecule has 1 atom stereocenters. The second kappa shape index (κ2) is 7.64. The molecule has 3 nitrogen and oxygen atoms in total. The molecule has 0 saturated carbocycles. The van der Waals surface area contributed by atoms with Crippen molar-refractivity contribution in [1.29, 1.82) is 0 Å². The van der Waals surface area contributed by atoms with Crippen molar-refractivity contribution in [2.24, 2.45) is 0 Å². The molecule has 0 saturated heterocycles. The van der Waals surface area contributed by atoms with Crippen molar-refractivity contribution < 1.29 is 4.79 Å². The average molecular weight is 296 g/mol. The maximum absolute atomic E-state index is 12.3. The molecule has 1 amide bonds. The first-order chi connectivity index (χ1) is 10.6. The lowest BCUT2D eigenvalue weighted by Gasteiger charge is -2.17. The Hall–Kier alpha value is -2.29. The van der Waals surface area contributed by atoms with E-state index in [1.54, 1.807) is 0 Å². The molecule has 0 unspecified atom stereocenters. The van der Waals surface area contributed by atoms with Crippen molar-refractivity contribution >= 4 is 17.3 Å². The number of nitrogens with one attached hydrogen (secondary N) is 2. The molecule has 0 fully saturated rings. The van der Waals surface area contributed by atoms with Crippen LogP contribution in [-0.2, 0) is 17.6 Å². The van der Waals surface area contributed by atoms with Crippen molar-refractivity contribution in [3.63, 3.8) is 0 Å². The van der Waals surface area contributed by atoms with Gasteiger partial charge in [-0.2, -0.15) is 0 Å². The number of hydrogen-bond acceptors (Lipinski definition) is 2. The lowest BCUT2D eigenvalue weighted by molar-refractivity contribution is -0.116. The maximum atomic E-state index is 12.3. The van der Waals surface area contributed by atoms with E-state index in [2.05, 4.69) is 30.5 Å². The van der Waals surface area contributed by atoms with Gasteiger partial charge in [-0.3, -0.25) is 4.79 Å². The SMILES string of the molecule is CCc1ccc(NC(=O)[C@H](C)Nc2ccccc2CC)cc1. The fraction of sp³-hybridized carbons (Fsp3) is 0.316. The van der Waals surface area contributed by atoms with E-state index >= 15 is 0 Å². The number of rotatable bonds is 6. The van der Waals surface area contributed by atoms with Gasteiger partial charge in [0.15, 0.2) is 0 Å². The van der Waals surface area contributed by atoms with E-state index in [-0.39, 0.29) is 11.9 Å². The Morgan fingerprint density at radius 2 is 1.68 bits per heavy atom. The van der Waals surface area contributed by atoms with E-state index in [1.165, 1.54) is 11.1 Å². The molecule has 0 aliphatic rings. The van der Waals surface area contributed by atoms with Crippen LogP contribution in [0.2, 0.25) is 0 Å². The van der Waals surface area contributed by atoms with Crippen LogP contribution < -0.4 is 10.6 Å². The number of aryl methyl sites for hydroxylation is 2. The number of para-hydroxylation sites is 1. The van der Waals surface area contributed by atoms with E-state index < -0.39 is 0 Å². The topological polar surface area (TPSA) is 41.1 Å². The van der Waals surface area contributed by atoms with Crippen molar-refractivity contribution in [2.75, 3.05) is 10.6 Å². The van der Waals surface area contributed by atoms with E-state index in [1.807, 2.05) is 49.4 Å². The summed E-state index contributed by atoms with van der Waals surface area (Å²) in [7, 11) is 0. The molecule has 0 aliphatic heterocycles. The van der Waals surface area contributed by atoms with Gasteiger partial charge >= 0.3 is 0 Å². The summed E-state index contributed by atoms with van der Waals surface area (Å²) in [5.74, 6) is -0.0323. The zero-order valence-corrected chi connectivity index (χ0v) is 13.5. The van der Waals surface area contributed by atoms with E-state index in [0.717, 1.165) is 24.2 Å². The van der Waals surface area contributed by atoms with Crippen LogP contribution in [0.4, 0.5) is 11.4 Å². The molecule has 0 aromatic heterocycles. The van der Waals surface area contributed by atoms with Crippen LogP contribution in [0.5, 0.6) is 0 Å². The van der Waals surface area contributed by atoms with Crippen LogP contribution in [-0.4, -0.2) is 11.9 Å². The molecule has 3 heteroatoms. The lowest BCUT2D eigenvalue weighted by Crippen LogP contribution is -2.32. The smallest absolute Gasteiger partial charge is 0.246 e. The summed E-state index contributed by atoms with van der Waals surface area (Å²) >= 11 is 0. The molecular formula is C19H24N2O. The molecule has 0 radical (unpaired) electrons. The Morgan fingerprint density at radius 3 is 2.32 bits per heavy atom. The standard InChI is InChI=1S/C19H24N2O/c1-4-15-10-12-17(13-11-15)21-19(22)14(3)20-18-9-7-6-8-16(18)5-2/h6-14,20H,4-5H2,1-3H3,(H,21,22)/t14-/m0/s1. The van der Waals surface area contributed by atoms with Crippen LogP contribution in [0.15, 0.2) is 48.5 Å². The summed E-state index contributed by atoms with van der Waals surface area (Å²) < 4.78 is 0. The fourth-order valence-corrected chi connectivity index (χ4v) is 2.34. The highest BCUT2D eigenvalue weighted by molar-refractivity contribution is 5.96. The number of benzene rings is 2. The van der Waals surface area contributed by atoms with Gasteiger partial charge in [0.1, 0.15) is 6.04 Å². The Morgan fingerprint density at radius 1 is 1.00 bits per heavy atom. The Kier molecular flexibility index (Phi) is 5.59. The van der Waals surface area contributed by atoms with Crippen LogP contribution in [0.25, 0.3) is 0 Å². The largest absolute Gasteiger partial charge is 0.374 e. The van der Waals surface area contributed by atoms with Gasteiger partial charge in [-0.05, 0) is 49.1 Å². The molecular weight excluding hydrogens is 272 g/mol.